The first-order valence-corrected chi connectivity index (χ1v) is 11.8. The number of nitrogens with zero attached hydrogens (tertiary/aromatic N) is 1. The minimum absolute atomic E-state index is 0.296. The van der Waals surface area contributed by atoms with E-state index in [0.717, 1.165) is 59.1 Å². The molecule has 1 aliphatic rings. The summed E-state index contributed by atoms with van der Waals surface area (Å²) < 4.78 is 5.31. The van der Waals surface area contributed by atoms with Crippen LogP contribution in [0.1, 0.15) is 67.9 Å². The zero-order valence-electron chi connectivity index (χ0n) is 17.4. The lowest BCUT2D eigenvalue weighted by atomic mass is 10.1. The highest BCUT2D eigenvalue weighted by atomic mass is 32.1. The average Bonchev–Trinajstić information content (AvgIpc) is 3.09. The summed E-state index contributed by atoms with van der Waals surface area (Å²) in [6.45, 7) is 5.98. The van der Waals surface area contributed by atoms with Gasteiger partial charge >= 0.3 is 5.97 Å². The SMILES string of the molecule is CCOC(=O)c1c(NC(=O)c2sc3nc(C)cc(C)c3c2N)sc2c1CCCCC2. The van der Waals surface area contributed by atoms with Crippen molar-refractivity contribution < 1.29 is 14.3 Å². The van der Waals surface area contributed by atoms with Crippen molar-refractivity contribution in [2.45, 2.75) is 52.9 Å². The summed E-state index contributed by atoms with van der Waals surface area (Å²) in [7, 11) is 0. The minimum atomic E-state index is -0.371. The molecule has 6 nitrogen and oxygen atoms in total. The summed E-state index contributed by atoms with van der Waals surface area (Å²) in [5.41, 5.74) is 10.2. The van der Waals surface area contributed by atoms with Gasteiger partial charge in [-0.1, -0.05) is 6.42 Å². The van der Waals surface area contributed by atoms with Gasteiger partial charge in [-0.25, -0.2) is 9.78 Å². The van der Waals surface area contributed by atoms with Crippen molar-refractivity contribution in [2.75, 3.05) is 17.7 Å². The Morgan fingerprint density at radius 1 is 1.20 bits per heavy atom. The van der Waals surface area contributed by atoms with Gasteiger partial charge in [-0.05, 0) is 63.6 Å². The van der Waals surface area contributed by atoms with Gasteiger partial charge < -0.3 is 15.8 Å². The van der Waals surface area contributed by atoms with Gasteiger partial charge in [-0.2, -0.15) is 0 Å². The standard InChI is InChI=1S/C22H25N3O3S2/c1-4-28-22(27)16-13-8-6-5-7-9-14(13)29-21(16)25-19(26)18-17(23)15-11(2)10-12(3)24-20(15)30-18/h10H,4-9,23H2,1-3H3,(H,25,26). The molecule has 4 rings (SSSR count). The van der Waals surface area contributed by atoms with Gasteiger partial charge in [0.25, 0.3) is 5.91 Å². The van der Waals surface area contributed by atoms with Crippen LogP contribution < -0.4 is 11.1 Å². The number of nitrogens with one attached hydrogen (secondary N) is 1. The molecule has 8 heteroatoms. The zero-order chi connectivity index (χ0) is 21.4. The summed E-state index contributed by atoms with van der Waals surface area (Å²) in [5, 5.41) is 4.34. The summed E-state index contributed by atoms with van der Waals surface area (Å²) >= 11 is 2.77. The Balaban J connectivity index is 1.73. The lowest BCUT2D eigenvalue weighted by Crippen LogP contribution is -2.15. The predicted molar refractivity (Wildman–Crippen MR) is 123 cm³/mol. The van der Waals surface area contributed by atoms with E-state index in [2.05, 4.69) is 10.3 Å². The van der Waals surface area contributed by atoms with Crippen LogP contribution >= 0.6 is 22.7 Å². The first kappa shape index (κ1) is 20.8. The van der Waals surface area contributed by atoms with Crippen molar-refractivity contribution in [3.63, 3.8) is 0 Å². The van der Waals surface area contributed by atoms with Crippen LogP contribution in [0.3, 0.4) is 0 Å². The molecule has 30 heavy (non-hydrogen) atoms. The van der Waals surface area contributed by atoms with Crippen molar-refractivity contribution in [1.82, 2.24) is 4.98 Å². The largest absolute Gasteiger partial charge is 0.462 e. The number of hydrogen-bond acceptors (Lipinski definition) is 7. The molecule has 3 aromatic heterocycles. The number of fused-ring (bicyclic) bond motifs is 2. The van der Waals surface area contributed by atoms with Gasteiger partial charge in [0.1, 0.15) is 14.7 Å². The number of nitrogen functional groups attached to an aromatic ring is 1. The molecule has 0 radical (unpaired) electrons. The second kappa shape index (κ2) is 8.35. The Morgan fingerprint density at radius 3 is 2.73 bits per heavy atom. The molecule has 0 fully saturated rings. The molecule has 0 aromatic carbocycles. The van der Waals surface area contributed by atoms with Gasteiger partial charge in [-0.15, -0.1) is 22.7 Å². The number of rotatable bonds is 4. The van der Waals surface area contributed by atoms with E-state index in [1.165, 1.54) is 27.6 Å². The summed E-state index contributed by atoms with van der Waals surface area (Å²) in [5.74, 6) is -0.681. The van der Waals surface area contributed by atoms with Crippen molar-refractivity contribution in [3.8, 4) is 0 Å². The monoisotopic (exact) mass is 443 g/mol. The van der Waals surface area contributed by atoms with Gasteiger partial charge in [-0.3, -0.25) is 4.79 Å². The van der Waals surface area contributed by atoms with Crippen molar-refractivity contribution in [1.29, 1.82) is 0 Å². The molecule has 1 amide bonds. The molecule has 3 N–H and O–H groups in total. The minimum Gasteiger partial charge on any atom is -0.462 e. The normalized spacial score (nSPS) is 13.7. The van der Waals surface area contributed by atoms with Gasteiger partial charge in [0.2, 0.25) is 0 Å². The van der Waals surface area contributed by atoms with Crippen LogP contribution in [0.25, 0.3) is 10.2 Å². The smallest absolute Gasteiger partial charge is 0.341 e. The fourth-order valence-corrected chi connectivity index (χ4v) is 6.43. The average molecular weight is 444 g/mol. The Labute approximate surface area is 183 Å². The number of thiophene rings is 2. The third-order valence-corrected chi connectivity index (χ3v) is 7.66. The molecule has 0 unspecified atom stereocenters. The molecule has 158 valence electrons. The molecule has 3 aromatic rings. The highest BCUT2D eigenvalue weighted by molar-refractivity contribution is 7.21. The first-order valence-electron chi connectivity index (χ1n) is 10.2. The van der Waals surface area contributed by atoms with Crippen molar-refractivity contribution >= 4 is 55.5 Å². The molecule has 1 aliphatic carbocycles. The molecule has 0 aliphatic heterocycles. The van der Waals surface area contributed by atoms with E-state index in [4.69, 9.17) is 10.5 Å². The maximum absolute atomic E-state index is 13.2. The maximum Gasteiger partial charge on any atom is 0.341 e. The number of esters is 1. The van der Waals surface area contributed by atoms with Gasteiger partial charge in [0.05, 0.1) is 17.9 Å². The summed E-state index contributed by atoms with van der Waals surface area (Å²) in [4.78, 5) is 32.8. The number of ether oxygens (including phenoxy) is 1. The highest BCUT2D eigenvalue weighted by Crippen LogP contribution is 2.40. The topological polar surface area (TPSA) is 94.3 Å². The van der Waals surface area contributed by atoms with E-state index in [0.29, 0.717) is 27.7 Å². The Bertz CT molecular complexity index is 1150. The van der Waals surface area contributed by atoms with E-state index in [1.807, 2.05) is 19.9 Å². The fourth-order valence-electron chi connectivity index (χ4n) is 4.05. The van der Waals surface area contributed by atoms with Crippen molar-refractivity contribution in [2.24, 2.45) is 0 Å². The van der Waals surface area contributed by atoms with Crippen molar-refractivity contribution in [3.05, 3.63) is 38.2 Å². The zero-order valence-corrected chi connectivity index (χ0v) is 19.0. The molecule has 0 spiro atoms. The third kappa shape index (κ3) is 3.70. The molecule has 0 saturated carbocycles. The highest BCUT2D eigenvalue weighted by Gasteiger charge is 2.28. The van der Waals surface area contributed by atoms with Crippen LogP contribution in [0.2, 0.25) is 0 Å². The van der Waals surface area contributed by atoms with Crippen LogP contribution in [-0.4, -0.2) is 23.5 Å². The number of hydrogen-bond donors (Lipinski definition) is 2. The van der Waals surface area contributed by atoms with E-state index in [-0.39, 0.29) is 11.9 Å². The number of aryl methyl sites for hydroxylation is 3. The molecule has 0 atom stereocenters. The fraction of sp³-hybridized carbons (Fsp3) is 0.409. The first-order chi connectivity index (χ1) is 14.4. The number of nitrogens with two attached hydrogens (primary N) is 1. The molecule has 0 bridgehead atoms. The lowest BCUT2D eigenvalue weighted by molar-refractivity contribution is 0.0527. The van der Waals surface area contributed by atoms with Crippen LogP contribution in [-0.2, 0) is 17.6 Å². The van der Waals surface area contributed by atoms with Crippen LogP contribution in [0.4, 0.5) is 10.7 Å². The summed E-state index contributed by atoms with van der Waals surface area (Å²) in [6.07, 6.45) is 5.04. The van der Waals surface area contributed by atoms with E-state index >= 15 is 0 Å². The number of pyridine rings is 1. The number of aromatic nitrogens is 1. The Hall–Kier alpha value is -2.45. The number of amides is 1. The van der Waals surface area contributed by atoms with E-state index < -0.39 is 0 Å². The van der Waals surface area contributed by atoms with Crippen LogP contribution in [0.15, 0.2) is 6.07 Å². The van der Waals surface area contributed by atoms with Gasteiger partial charge in [0, 0.05) is 16.0 Å². The van der Waals surface area contributed by atoms with E-state index in [1.54, 1.807) is 6.92 Å². The van der Waals surface area contributed by atoms with E-state index in [9.17, 15) is 9.59 Å². The summed E-state index contributed by atoms with van der Waals surface area (Å²) in [6, 6.07) is 1.96. The number of carbonyl (C=O) groups is 2. The van der Waals surface area contributed by atoms with Gasteiger partial charge in [0.15, 0.2) is 0 Å². The molecule has 0 saturated heterocycles. The second-order valence-corrected chi connectivity index (χ2v) is 9.65. The Morgan fingerprint density at radius 2 is 1.97 bits per heavy atom. The molecular formula is C22H25N3O3S2. The second-order valence-electron chi connectivity index (χ2n) is 7.55. The number of anilines is 2. The quantitative estimate of drug-likeness (QED) is 0.424. The molecule has 3 heterocycles. The maximum atomic E-state index is 13.2. The molecular weight excluding hydrogens is 418 g/mol. The third-order valence-electron chi connectivity index (χ3n) is 5.36. The van der Waals surface area contributed by atoms with Crippen LogP contribution in [0.5, 0.6) is 0 Å². The Kier molecular flexibility index (Phi) is 5.79. The predicted octanol–water partition coefficient (Wildman–Crippen LogP) is 5.25. The lowest BCUT2D eigenvalue weighted by Gasteiger charge is -2.08. The van der Waals surface area contributed by atoms with Crippen LogP contribution in [0, 0.1) is 13.8 Å². The number of carbonyl (C=O) groups excluding carboxylic acids is 2.